The Morgan fingerprint density at radius 3 is 2.67 bits per heavy atom. The zero-order chi connectivity index (χ0) is 13.0. The van der Waals surface area contributed by atoms with Crippen molar-refractivity contribution in [3.05, 3.63) is 22.6 Å². The second kappa shape index (κ2) is 6.73. The van der Waals surface area contributed by atoms with E-state index >= 15 is 0 Å². The normalized spacial score (nSPS) is 19.3. The highest BCUT2D eigenvalue weighted by Gasteiger charge is 2.22. The van der Waals surface area contributed by atoms with Gasteiger partial charge in [0, 0.05) is 13.1 Å². The predicted molar refractivity (Wildman–Crippen MR) is 77.4 cm³/mol. The Morgan fingerprint density at radius 1 is 1.39 bits per heavy atom. The van der Waals surface area contributed by atoms with Crippen LogP contribution in [0.4, 0.5) is 0 Å². The molecule has 1 unspecified atom stereocenters. The standard InChI is InChI=1S/C14H23BrN2O/c1-17(10-11-5-3-2-4-6-11)12(9-16)13-7-8-14(15)18-13/h7-8,11-12H,2-6,9-10,16H2,1H3. The molecule has 1 aliphatic carbocycles. The third-order valence-corrected chi connectivity index (χ3v) is 4.37. The largest absolute Gasteiger partial charge is 0.453 e. The van der Waals surface area contributed by atoms with Crippen molar-refractivity contribution in [3.63, 3.8) is 0 Å². The zero-order valence-electron chi connectivity index (χ0n) is 11.1. The van der Waals surface area contributed by atoms with Crippen molar-refractivity contribution in [1.82, 2.24) is 4.90 Å². The van der Waals surface area contributed by atoms with Crippen LogP contribution < -0.4 is 5.73 Å². The van der Waals surface area contributed by atoms with Crippen molar-refractivity contribution in [3.8, 4) is 0 Å². The zero-order valence-corrected chi connectivity index (χ0v) is 12.7. The molecule has 0 aliphatic heterocycles. The van der Waals surface area contributed by atoms with E-state index < -0.39 is 0 Å². The maximum Gasteiger partial charge on any atom is 0.169 e. The van der Waals surface area contributed by atoms with Gasteiger partial charge in [0.1, 0.15) is 5.76 Å². The number of furan rings is 1. The fraction of sp³-hybridized carbons (Fsp3) is 0.714. The molecule has 1 aromatic heterocycles. The summed E-state index contributed by atoms with van der Waals surface area (Å²) in [6, 6.07) is 4.14. The molecular weight excluding hydrogens is 292 g/mol. The molecule has 1 fully saturated rings. The molecule has 0 saturated heterocycles. The van der Waals surface area contributed by atoms with Crippen LogP contribution in [0, 0.1) is 5.92 Å². The highest BCUT2D eigenvalue weighted by atomic mass is 79.9. The SMILES string of the molecule is CN(CC1CCCCC1)C(CN)c1ccc(Br)o1. The molecule has 1 aliphatic rings. The molecule has 1 aromatic rings. The minimum atomic E-state index is 0.193. The van der Waals surface area contributed by atoms with Gasteiger partial charge < -0.3 is 10.2 Å². The second-order valence-corrected chi connectivity index (χ2v) is 6.12. The summed E-state index contributed by atoms with van der Waals surface area (Å²) >= 11 is 3.35. The second-order valence-electron chi connectivity index (χ2n) is 5.34. The van der Waals surface area contributed by atoms with Crippen LogP contribution in [0.15, 0.2) is 21.2 Å². The van der Waals surface area contributed by atoms with E-state index in [1.54, 1.807) is 0 Å². The smallest absolute Gasteiger partial charge is 0.169 e. The lowest BCUT2D eigenvalue weighted by Gasteiger charge is -2.31. The molecular formula is C14H23BrN2O. The average molecular weight is 315 g/mol. The van der Waals surface area contributed by atoms with E-state index in [1.807, 2.05) is 12.1 Å². The van der Waals surface area contributed by atoms with E-state index in [2.05, 4.69) is 27.9 Å². The van der Waals surface area contributed by atoms with Crippen molar-refractivity contribution in [2.24, 2.45) is 11.7 Å². The molecule has 1 atom stereocenters. The number of nitrogens with zero attached hydrogens (tertiary/aromatic N) is 1. The highest BCUT2D eigenvalue weighted by Crippen LogP contribution is 2.28. The molecule has 2 N–H and O–H groups in total. The minimum Gasteiger partial charge on any atom is -0.453 e. The van der Waals surface area contributed by atoms with E-state index in [4.69, 9.17) is 10.2 Å². The van der Waals surface area contributed by atoms with Crippen LogP contribution in [-0.4, -0.2) is 25.0 Å². The van der Waals surface area contributed by atoms with Gasteiger partial charge in [-0.25, -0.2) is 0 Å². The number of hydrogen-bond donors (Lipinski definition) is 1. The van der Waals surface area contributed by atoms with Gasteiger partial charge in [0.15, 0.2) is 4.67 Å². The summed E-state index contributed by atoms with van der Waals surface area (Å²) in [5.41, 5.74) is 5.90. The summed E-state index contributed by atoms with van der Waals surface area (Å²) in [4.78, 5) is 2.35. The van der Waals surface area contributed by atoms with Crippen LogP contribution in [0.3, 0.4) is 0 Å². The summed E-state index contributed by atoms with van der Waals surface area (Å²) in [5, 5.41) is 0. The van der Waals surface area contributed by atoms with Gasteiger partial charge in [-0.2, -0.15) is 0 Å². The molecule has 0 bridgehead atoms. The molecule has 0 aromatic carbocycles. The number of hydrogen-bond acceptors (Lipinski definition) is 3. The number of rotatable bonds is 5. The summed E-state index contributed by atoms with van der Waals surface area (Å²) in [7, 11) is 2.16. The topological polar surface area (TPSA) is 42.4 Å². The number of halogens is 1. The lowest BCUT2D eigenvalue weighted by atomic mass is 9.88. The van der Waals surface area contributed by atoms with E-state index in [0.29, 0.717) is 6.54 Å². The fourth-order valence-electron chi connectivity index (χ4n) is 2.92. The number of likely N-dealkylation sites (N-methyl/N-ethyl adjacent to an activating group) is 1. The molecule has 0 amide bonds. The highest BCUT2D eigenvalue weighted by molar-refractivity contribution is 9.10. The molecule has 1 heterocycles. The van der Waals surface area contributed by atoms with Gasteiger partial charge in [0.2, 0.25) is 0 Å². The first-order valence-electron chi connectivity index (χ1n) is 6.86. The van der Waals surface area contributed by atoms with Gasteiger partial charge in [-0.15, -0.1) is 0 Å². The van der Waals surface area contributed by atoms with Gasteiger partial charge >= 0.3 is 0 Å². The maximum atomic E-state index is 5.90. The van der Waals surface area contributed by atoms with Gasteiger partial charge in [0.25, 0.3) is 0 Å². The first kappa shape index (κ1) is 14.1. The van der Waals surface area contributed by atoms with Gasteiger partial charge in [-0.05, 0) is 53.9 Å². The van der Waals surface area contributed by atoms with Crippen LogP contribution in [-0.2, 0) is 0 Å². The summed E-state index contributed by atoms with van der Waals surface area (Å²) in [6.45, 7) is 1.73. The maximum absolute atomic E-state index is 5.90. The van der Waals surface area contributed by atoms with Crippen LogP contribution >= 0.6 is 15.9 Å². The van der Waals surface area contributed by atoms with Crippen molar-refractivity contribution >= 4 is 15.9 Å². The third kappa shape index (κ3) is 3.59. The first-order valence-corrected chi connectivity index (χ1v) is 7.65. The lowest BCUT2D eigenvalue weighted by molar-refractivity contribution is 0.168. The Bertz CT molecular complexity index is 360. The molecule has 1 saturated carbocycles. The molecule has 102 valence electrons. The summed E-state index contributed by atoms with van der Waals surface area (Å²) < 4.78 is 6.42. The average Bonchev–Trinajstić information content (AvgIpc) is 2.78. The van der Waals surface area contributed by atoms with Crippen molar-refractivity contribution in [2.75, 3.05) is 20.1 Å². The summed E-state index contributed by atoms with van der Waals surface area (Å²) in [6.07, 6.45) is 6.91. The first-order chi connectivity index (χ1) is 8.70. The Morgan fingerprint density at radius 2 is 2.11 bits per heavy atom. The molecule has 0 radical (unpaired) electrons. The quantitative estimate of drug-likeness (QED) is 0.903. The van der Waals surface area contributed by atoms with Gasteiger partial charge in [0.05, 0.1) is 6.04 Å². The third-order valence-electron chi connectivity index (χ3n) is 3.95. The van der Waals surface area contributed by atoms with Gasteiger partial charge in [-0.3, -0.25) is 4.90 Å². The molecule has 4 heteroatoms. The summed E-state index contributed by atoms with van der Waals surface area (Å²) in [5.74, 6) is 1.79. The molecule has 2 rings (SSSR count). The fourth-order valence-corrected chi connectivity index (χ4v) is 3.24. The monoisotopic (exact) mass is 314 g/mol. The van der Waals surface area contributed by atoms with E-state index in [1.165, 1.54) is 32.1 Å². The van der Waals surface area contributed by atoms with Crippen LogP contribution in [0.1, 0.15) is 43.9 Å². The van der Waals surface area contributed by atoms with Crippen molar-refractivity contribution in [2.45, 2.75) is 38.1 Å². The van der Waals surface area contributed by atoms with Crippen LogP contribution in [0.25, 0.3) is 0 Å². The van der Waals surface area contributed by atoms with E-state index in [0.717, 1.165) is 22.9 Å². The number of nitrogens with two attached hydrogens (primary N) is 1. The van der Waals surface area contributed by atoms with Crippen LogP contribution in [0.5, 0.6) is 0 Å². The van der Waals surface area contributed by atoms with Crippen LogP contribution in [0.2, 0.25) is 0 Å². The van der Waals surface area contributed by atoms with E-state index in [-0.39, 0.29) is 6.04 Å². The van der Waals surface area contributed by atoms with Crippen molar-refractivity contribution in [1.29, 1.82) is 0 Å². The minimum absolute atomic E-state index is 0.193. The van der Waals surface area contributed by atoms with E-state index in [9.17, 15) is 0 Å². The van der Waals surface area contributed by atoms with Crippen molar-refractivity contribution < 1.29 is 4.42 Å². The Labute approximate surface area is 118 Å². The molecule has 0 spiro atoms. The Hall–Kier alpha value is -0.320. The predicted octanol–water partition coefficient (Wildman–Crippen LogP) is 3.55. The Balaban J connectivity index is 1.94. The Kier molecular flexibility index (Phi) is 5.27. The van der Waals surface area contributed by atoms with Gasteiger partial charge in [-0.1, -0.05) is 19.3 Å². The molecule has 3 nitrogen and oxygen atoms in total. The molecule has 18 heavy (non-hydrogen) atoms. The lowest BCUT2D eigenvalue weighted by Crippen LogP contribution is -2.34.